The van der Waals surface area contributed by atoms with Gasteiger partial charge in [-0.05, 0) is 11.6 Å². The smallest absolute Gasteiger partial charge is 0.339 e. The molecule has 0 aliphatic rings. The van der Waals surface area contributed by atoms with Crippen LogP contribution in [0.2, 0.25) is 0 Å². The van der Waals surface area contributed by atoms with Gasteiger partial charge in [-0.25, -0.2) is 4.79 Å². The van der Waals surface area contributed by atoms with Crippen molar-refractivity contribution in [2.75, 3.05) is 7.11 Å². The lowest BCUT2D eigenvalue weighted by atomic mass is 10.0. The second-order valence-electron chi connectivity index (χ2n) is 3.82. The zero-order valence-electron chi connectivity index (χ0n) is 10.4. The number of hydrogen-bond donors (Lipinski definition) is 1. The van der Waals surface area contributed by atoms with E-state index in [1.54, 1.807) is 12.1 Å². The lowest BCUT2D eigenvalue weighted by Crippen LogP contribution is -2.08. The van der Waals surface area contributed by atoms with Crippen molar-refractivity contribution in [1.82, 2.24) is 5.16 Å². The monoisotopic (exact) mass is 296 g/mol. The van der Waals surface area contributed by atoms with E-state index in [2.05, 4.69) is 5.16 Å². The number of benzene rings is 1. The molecule has 20 heavy (non-hydrogen) atoms. The molecule has 0 spiro atoms. The Labute approximate surface area is 116 Å². The summed E-state index contributed by atoms with van der Waals surface area (Å²) in [6.07, 6.45) is 1.34. The van der Waals surface area contributed by atoms with Crippen LogP contribution in [0.3, 0.4) is 0 Å². The number of methoxy groups -OCH3 is 1. The molecule has 1 heterocycles. The molecule has 2 aromatic rings. The quantitative estimate of drug-likeness (QED) is 0.830. The SMILES string of the molecule is COc1c(-c2ccon2)ccc(CS(=O)[O-])c1C(=O)O. The Kier molecular flexibility index (Phi) is 4.16. The highest BCUT2D eigenvalue weighted by molar-refractivity contribution is 7.78. The first-order chi connectivity index (χ1) is 9.54. The number of aromatic nitrogens is 1. The van der Waals surface area contributed by atoms with E-state index >= 15 is 0 Å². The van der Waals surface area contributed by atoms with E-state index in [0.717, 1.165) is 0 Å². The van der Waals surface area contributed by atoms with E-state index in [1.165, 1.54) is 19.4 Å². The van der Waals surface area contributed by atoms with Crippen LogP contribution in [-0.4, -0.2) is 32.1 Å². The molecule has 1 aromatic carbocycles. The molecular weight excluding hydrogens is 286 g/mol. The Morgan fingerprint density at radius 2 is 2.25 bits per heavy atom. The maximum absolute atomic E-state index is 11.4. The van der Waals surface area contributed by atoms with Crippen LogP contribution in [0.1, 0.15) is 15.9 Å². The maximum Gasteiger partial charge on any atom is 0.339 e. The van der Waals surface area contributed by atoms with E-state index in [0.29, 0.717) is 11.3 Å². The lowest BCUT2D eigenvalue weighted by molar-refractivity contribution is 0.0692. The van der Waals surface area contributed by atoms with Crippen LogP contribution in [0.5, 0.6) is 5.75 Å². The van der Waals surface area contributed by atoms with Crippen LogP contribution in [0.25, 0.3) is 11.3 Å². The molecule has 0 aliphatic carbocycles. The molecule has 8 heteroatoms. The van der Waals surface area contributed by atoms with E-state index < -0.39 is 22.8 Å². The largest absolute Gasteiger partial charge is 0.772 e. The van der Waals surface area contributed by atoms with Gasteiger partial charge in [0.05, 0.1) is 7.11 Å². The maximum atomic E-state index is 11.4. The Balaban J connectivity index is 2.66. The predicted molar refractivity (Wildman–Crippen MR) is 68.1 cm³/mol. The fourth-order valence-electron chi connectivity index (χ4n) is 1.87. The minimum Gasteiger partial charge on any atom is -0.772 e. The van der Waals surface area contributed by atoms with Crippen LogP contribution >= 0.6 is 0 Å². The summed E-state index contributed by atoms with van der Waals surface area (Å²) in [5.74, 6) is -1.63. The zero-order chi connectivity index (χ0) is 14.7. The summed E-state index contributed by atoms with van der Waals surface area (Å²) in [7, 11) is 1.31. The number of carbonyl (C=O) groups is 1. The summed E-state index contributed by atoms with van der Waals surface area (Å²) in [6, 6.07) is 4.52. The van der Waals surface area contributed by atoms with Crippen molar-refractivity contribution in [2.24, 2.45) is 0 Å². The molecule has 0 aliphatic heterocycles. The van der Waals surface area contributed by atoms with Gasteiger partial charge in [-0.3, -0.25) is 4.21 Å². The van der Waals surface area contributed by atoms with Crippen molar-refractivity contribution in [3.05, 3.63) is 35.6 Å². The normalized spacial score (nSPS) is 12.1. The summed E-state index contributed by atoms with van der Waals surface area (Å²) in [6.45, 7) is 0. The van der Waals surface area contributed by atoms with Crippen molar-refractivity contribution < 1.29 is 27.9 Å². The van der Waals surface area contributed by atoms with Gasteiger partial charge >= 0.3 is 5.97 Å². The molecule has 1 unspecified atom stereocenters. The van der Waals surface area contributed by atoms with Gasteiger partial charge in [0.1, 0.15) is 23.3 Å². The summed E-state index contributed by atoms with van der Waals surface area (Å²) < 4.78 is 31.4. The highest BCUT2D eigenvalue weighted by atomic mass is 32.2. The van der Waals surface area contributed by atoms with Gasteiger partial charge in [-0.15, -0.1) is 0 Å². The summed E-state index contributed by atoms with van der Waals surface area (Å²) in [5.41, 5.74) is 0.769. The van der Waals surface area contributed by atoms with Crippen LogP contribution in [-0.2, 0) is 16.8 Å². The van der Waals surface area contributed by atoms with Gasteiger partial charge < -0.3 is 18.9 Å². The third-order valence-corrected chi connectivity index (χ3v) is 3.20. The number of hydrogen-bond acceptors (Lipinski definition) is 6. The Hall–Kier alpha value is -2.19. The Morgan fingerprint density at radius 1 is 1.50 bits per heavy atom. The minimum absolute atomic E-state index is 0.0503. The van der Waals surface area contributed by atoms with E-state index in [4.69, 9.17) is 9.26 Å². The standard InChI is InChI=1S/C12H11NO6S/c1-18-11-8(9-4-5-19-13-9)3-2-7(6-20(16)17)10(11)12(14)15/h2-5H,6H2,1H3,(H,14,15)(H,16,17)/p-1. The number of carboxylic acid groups (broad SMARTS) is 1. The first kappa shape index (κ1) is 14.2. The van der Waals surface area contributed by atoms with Gasteiger partial charge in [0.2, 0.25) is 0 Å². The molecule has 0 saturated carbocycles. The number of rotatable bonds is 5. The first-order valence-electron chi connectivity index (χ1n) is 5.44. The molecule has 0 radical (unpaired) electrons. The van der Waals surface area contributed by atoms with E-state index in [-0.39, 0.29) is 16.9 Å². The third-order valence-electron chi connectivity index (χ3n) is 2.65. The molecule has 106 valence electrons. The zero-order valence-corrected chi connectivity index (χ0v) is 11.2. The van der Waals surface area contributed by atoms with Crippen molar-refractivity contribution >= 4 is 17.0 Å². The van der Waals surface area contributed by atoms with Crippen LogP contribution < -0.4 is 4.74 Å². The Bertz CT molecular complexity index is 652. The number of ether oxygens (including phenoxy) is 1. The van der Waals surface area contributed by atoms with Gasteiger partial charge in [0, 0.05) is 17.4 Å². The fraction of sp³-hybridized carbons (Fsp3) is 0.167. The molecule has 0 fully saturated rings. The minimum atomic E-state index is -2.40. The summed E-state index contributed by atoms with van der Waals surface area (Å²) in [4.78, 5) is 11.4. The van der Waals surface area contributed by atoms with E-state index in [9.17, 15) is 18.7 Å². The Morgan fingerprint density at radius 3 is 2.75 bits per heavy atom. The first-order valence-corrected chi connectivity index (χ1v) is 6.68. The lowest BCUT2D eigenvalue weighted by Gasteiger charge is -2.14. The molecule has 0 saturated heterocycles. The van der Waals surface area contributed by atoms with Crippen molar-refractivity contribution in [1.29, 1.82) is 0 Å². The van der Waals surface area contributed by atoms with Crippen LogP contribution in [0.15, 0.2) is 29.0 Å². The van der Waals surface area contributed by atoms with Crippen molar-refractivity contribution in [3.8, 4) is 17.0 Å². The number of nitrogens with zero attached hydrogens (tertiary/aromatic N) is 1. The number of carboxylic acids is 1. The van der Waals surface area contributed by atoms with Gasteiger partial charge in [-0.2, -0.15) is 0 Å². The van der Waals surface area contributed by atoms with Crippen molar-refractivity contribution in [3.63, 3.8) is 0 Å². The molecule has 0 amide bonds. The molecule has 1 N–H and O–H groups in total. The topological polar surface area (TPSA) is 113 Å². The molecule has 2 rings (SSSR count). The summed E-state index contributed by atoms with van der Waals surface area (Å²) >= 11 is -2.40. The average molecular weight is 296 g/mol. The van der Waals surface area contributed by atoms with Gasteiger partial charge in [0.25, 0.3) is 0 Å². The summed E-state index contributed by atoms with van der Waals surface area (Å²) in [5, 5.41) is 13.0. The second-order valence-corrected chi connectivity index (χ2v) is 4.71. The van der Waals surface area contributed by atoms with Crippen molar-refractivity contribution in [2.45, 2.75) is 5.75 Å². The average Bonchev–Trinajstić information content (AvgIpc) is 2.90. The van der Waals surface area contributed by atoms with E-state index in [1.807, 2.05) is 0 Å². The molecular formula is C12H10NO6S-. The van der Waals surface area contributed by atoms with Gasteiger partial charge in [-0.1, -0.05) is 22.3 Å². The molecule has 1 atom stereocenters. The van der Waals surface area contributed by atoms with Gasteiger partial charge in [0.15, 0.2) is 0 Å². The highest BCUT2D eigenvalue weighted by Gasteiger charge is 2.22. The predicted octanol–water partition coefficient (Wildman–Crippen LogP) is 1.43. The van der Waals surface area contributed by atoms with Crippen LogP contribution in [0.4, 0.5) is 0 Å². The molecule has 1 aromatic heterocycles. The highest BCUT2D eigenvalue weighted by Crippen LogP contribution is 2.34. The van der Waals surface area contributed by atoms with Crippen LogP contribution in [0, 0.1) is 0 Å². The fourth-order valence-corrected chi connectivity index (χ4v) is 2.36. The third kappa shape index (κ3) is 2.70. The molecule has 7 nitrogen and oxygen atoms in total. The molecule has 0 bridgehead atoms. The second kappa shape index (κ2) is 5.85. The number of aromatic carboxylic acids is 1.